The first kappa shape index (κ1) is 23.2. The fourth-order valence-electron chi connectivity index (χ4n) is 2.91. The Morgan fingerprint density at radius 3 is 2.11 bits per heavy atom. The molecule has 0 saturated heterocycles. The number of hydrogen-bond donors (Lipinski definition) is 0. The first-order chi connectivity index (χ1) is 13.1. The summed E-state index contributed by atoms with van der Waals surface area (Å²) in [6.45, 7) is 4.67. The molecule has 1 aromatic rings. The Kier molecular flexibility index (Phi) is 13.1. The van der Waals surface area contributed by atoms with Crippen molar-refractivity contribution in [1.82, 2.24) is 0 Å². The Balaban J connectivity index is 1.94. The molecule has 0 N–H and O–H groups in total. The number of aryl methyl sites for hydroxylation is 1. The minimum absolute atomic E-state index is 0.223. The van der Waals surface area contributed by atoms with Crippen molar-refractivity contribution in [1.29, 1.82) is 0 Å². The maximum absolute atomic E-state index is 11.8. The summed E-state index contributed by atoms with van der Waals surface area (Å²) in [4.78, 5) is 23.5. The fraction of sp³-hybridized carbons (Fsp3) is 0.652. The van der Waals surface area contributed by atoms with Gasteiger partial charge in [-0.25, -0.2) is 0 Å². The Labute approximate surface area is 164 Å². The van der Waals surface area contributed by atoms with Crippen LogP contribution in [0.4, 0.5) is 0 Å². The molecule has 1 rings (SSSR count). The van der Waals surface area contributed by atoms with Gasteiger partial charge >= 0.3 is 11.9 Å². The Morgan fingerprint density at radius 2 is 1.44 bits per heavy atom. The minimum atomic E-state index is -0.313. The average Bonchev–Trinajstić information content (AvgIpc) is 2.63. The molecule has 0 atom stereocenters. The van der Waals surface area contributed by atoms with E-state index in [1.54, 1.807) is 6.07 Å². The third-order valence-electron chi connectivity index (χ3n) is 4.49. The van der Waals surface area contributed by atoms with Gasteiger partial charge in [-0.05, 0) is 37.5 Å². The van der Waals surface area contributed by atoms with Gasteiger partial charge in [-0.1, -0.05) is 70.4 Å². The number of carbonyl (C=O) groups is 2. The largest absolute Gasteiger partial charge is 0.466 e. The molecule has 0 heterocycles. The van der Waals surface area contributed by atoms with Gasteiger partial charge < -0.3 is 9.47 Å². The maximum atomic E-state index is 11.8. The van der Waals surface area contributed by atoms with Crippen LogP contribution in [0.2, 0.25) is 0 Å². The predicted molar refractivity (Wildman–Crippen MR) is 109 cm³/mol. The monoisotopic (exact) mass is 376 g/mol. The summed E-state index contributed by atoms with van der Waals surface area (Å²) in [7, 11) is 0. The minimum Gasteiger partial charge on any atom is -0.466 e. The van der Waals surface area contributed by atoms with E-state index in [-0.39, 0.29) is 24.8 Å². The van der Waals surface area contributed by atoms with Crippen LogP contribution in [0.5, 0.6) is 5.75 Å². The molecule has 0 fully saturated rings. The molecule has 0 spiro atoms. The van der Waals surface area contributed by atoms with Crippen molar-refractivity contribution in [2.24, 2.45) is 0 Å². The number of esters is 2. The van der Waals surface area contributed by atoms with Gasteiger partial charge in [0.05, 0.1) is 6.61 Å². The molecule has 4 heteroatoms. The summed E-state index contributed by atoms with van der Waals surface area (Å²) in [5.41, 5.74) is 1.04. The molecule has 27 heavy (non-hydrogen) atoms. The summed E-state index contributed by atoms with van der Waals surface area (Å²) in [5.74, 6) is 0.0122. The highest BCUT2D eigenvalue weighted by Crippen LogP contribution is 2.14. The Hall–Kier alpha value is -1.84. The third-order valence-corrected chi connectivity index (χ3v) is 4.49. The van der Waals surface area contributed by atoms with Crippen molar-refractivity contribution in [2.75, 3.05) is 6.61 Å². The highest BCUT2D eigenvalue weighted by Gasteiger charge is 2.08. The normalized spacial score (nSPS) is 10.6. The van der Waals surface area contributed by atoms with Gasteiger partial charge in [0.2, 0.25) is 0 Å². The molecule has 0 aromatic heterocycles. The third kappa shape index (κ3) is 13.0. The number of carbonyl (C=O) groups excluding carboxylic acids is 2. The number of benzene rings is 1. The predicted octanol–water partition coefficient (Wildman–Crippen LogP) is 6.14. The van der Waals surface area contributed by atoms with Gasteiger partial charge in [0.25, 0.3) is 0 Å². The topological polar surface area (TPSA) is 52.6 Å². The number of unbranched alkanes of at least 4 members (excludes halogenated alkanes) is 8. The molecule has 0 aliphatic carbocycles. The number of hydrogen-bond acceptors (Lipinski definition) is 4. The lowest BCUT2D eigenvalue weighted by Crippen LogP contribution is -2.10. The SMILES string of the molecule is CCCCCCCCCCCOC(=O)CCCC(=O)Oc1cccc(C)c1. The lowest BCUT2D eigenvalue weighted by atomic mass is 10.1. The van der Waals surface area contributed by atoms with Crippen LogP contribution in [0.15, 0.2) is 24.3 Å². The summed E-state index contributed by atoms with van der Waals surface area (Å²) >= 11 is 0. The van der Waals surface area contributed by atoms with Crippen molar-refractivity contribution < 1.29 is 19.1 Å². The van der Waals surface area contributed by atoms with Gasteiger partial charge in [-0.2, -0.15) is 0 Å². The van der Waals surface area contributed by atoms with Crippen LogP contribution in [0.1, 0.15) is 89.5 Å². The molecule has 4 nitrogen and oxygen atoms in total. The standard InChI is InChI=1S/C23H36O4/c1-3-4-5-6-7-8-9-10-11-18-26-22(24)16-13-17-23(25)27-21-15-12-14-20(2)19-21/h12,14-15,19H,3-11,13,16-18H2,1-2H3. The first-order valence-corrected chi connectivity index (χ1v) is 10.5. The van der Waals surface area contributed by atoms with E-state index in [0.29, 0.717) is 18.8 Å². The van der Waals surface area contributed by atoms with Crippen LogP contribution in [-0.4, -0.2) is 18.5 Å². The van der Waals surface area contributed by atoms with Crippen molar-refractivity contribution in [3.8, 4) is 5.75 Å². The van der Waals surface area contributed by atoms with Crippen LogP contribution >= 0.6 is 0 Å². The first-order valence-electron chi connectivity index (χ1n) is 10.5. The van der Waals surface area contributed by atoms with E-state index >= 15 is 0 Å². The molecule has 0 bridgehead atoms. The fourth-order valence-corrected chi connectivity index (χ4v) is 2.91. The van der Waals surface area contributed by atoms with Crippen molar-refractivity contribution in [3.05, 3.63) is 29.8 Å². The van der Waals surface area contributed by atoms with Crippen LogP contribution < -0.4 is 4.74 Å². The molecule has 0 saturated carbocycles. The Morgan fingerprint density at radius 1 is 0.815 bits per heavy atom. The lowest BCUT2D eigenvalue weighted by molar-refractivity contribution is -0.144. The summed E-state index contributed by atoms with van der Waals surface area (Å²) in [6.07, 6.45) is 12.1. The average molecular weight is 377 g/mol. The quantitative estimate of drug-likeness (QED) is 0.209. The zero-order valence-electron chi connectivity index (χ0n) is 17.1. The van der Waals surface area contributed by atoms with Crippen molar-refractivity contribution in [3.63, 3.8) is 0 Å². The zero-order chi connectivity index (χ0) is 19.7. The molecule has 1 aromatic carbocycles. The lowest BCUT2D eigenvalue weighted by Gasteiger charge is -2.06. The van der Waals surface area contributed by atoms with Crippen molar-refractivity contribution in [2.45, 2.75) is 90.9 Å². The maximum Gasteiger partial charge on any atom is 0.311 e. The van der Waals surface area contributed by atoms with E-state index in [0.717, 1.165) is 18.4 Å². The molecule has 0 radical (unpaired) electrons. The number of rotatable bonds is 15. The summed E-state index contributed by atoms with van der Waals surface area (Å²) < 4.78 is 10.5. The highest BCUT2D eigenvalue weighted by molar-refractivity contribution is 5.74. The van der Waals surface area contributed by atoms with Crippen LogP contribution in [-0.2, 0) is 14.3 Å². The molecular formula is C23H36O4. The molecule has 152 valence electrons. The van der Waals surface area contributed by atoms with E-state index in [2.05, 4.69) is 6.92 Å². The second-order valence-corrected chi connectivity index (χ2v) is 7.19. The van der Waals surface area contributed by atoms with E-state index in [9.17, 15) is 9.59 Å². The zero-order valence-corrected chi connectivity index (χ0v) is 17.1. The second kappa shape index (κ2) is 15.2. The highest BCUT2D eigenvalue weighted by atomic mass is 16.5. The van der Waals surface area contributed by atoms with Crippen LogP contribution in [0.25, 0.3) is 0 Å². The summed E-state index contributed by atoms with van der Waals surface area (Å²) in [6, 6.07) is 7.37. The van der Waals surface area contributed by atoms with Crippen LogP contribution in [0.3, 0.4) is 0 Å². The molecular weight excluding hydrogens is 340 g/mol. The van der Waals surface area contributed by atoms with Gasteiger partial charge in [0.1, 0.15) is 5.75 Å². The number of ether oxygens (including phenoxy) is 2. The molecule has 0 aliphatic heterocycles. The van der Waals surface area contributed by atoms with E-state index in [1.807, 2.05) is 25.1 Å². The van der Waals surface area contributed by atoms with E-state index in [4.69, 9.17) is 9.47 Å². The summed E-state index contributed by atoms with van der Waals surface area (Å²) in [5, 5.41) is 0. The smallest absolute Gasteiger partial charge is 0.311 e. The Bertz CT molecular complexity index is 539. The van der Waals surface area contributed by atoms with Gasteiger partial charge in [-0.15, -0.1) is 0 Å². The van der Waals surface area contributed by atoms with E-state index in [1.165, 1.54) is 44.9 Å². The molecule has 0 aliphatic rings. The molecule has 0 unspecified atom stereocenters. The van der Waals surface area contributed by atoms with Gasteiger partial charge in [0.15, 0.2) is 0 Å². The van der Waals surface area contributed by atoms with Gasteiger partial charge in [0, 0.05) is 12.8 Å². The van der Waals surface area contributed by atoms with Crippen LogP contribution in [0, 0.1) is 6.92 Å². The molecule has 0 amide bonds. The van der Waals surface area contributed by atoms with Gasteiger partial charge in [-0.3, -0.25) is 9.59 Å². The second-order valence-electron chi connectivity index (χ2n) is 7.19. The van der Waals surface area contributed by atoms with E-state index < -0.39 is 0 Å². The van der Waals surface area contributed by atoms with Crippen molar-refractivity contribution >= 4 is 11.9 Å².